The van der Waals surface area contributed by atoms with Crippen molar-refractivity contribution in [2.45, 2.75) is 6.42 Å². The Morgan fingerprint density at radius 3 is 2.52 bits per heavy atom. The van der Waals surface area contributed by atoms with Crippen LogP contribution in [0, 0.1) is 0 Å². The topological polar surface area (TPSA) is 107 Å². The number of amides is 2. The van der Waals surface area contributed by atoms with Crippen LogP contribution >= 0.6 is 0 Å². The number of urea groups is 1. The molecule has 1 aromatic heterocycles. The van der Waals surface area contributed by atoms with E-state index in [1.54, 1.807) is 24.3 Å². The second-order valence-electron chi connectivity index (χ2n) is 5.73. The number of carbonyl (C=O) groups excluding carboxylic acids is 1. The van der Waals surface area contributed by atoms with E-state index in [4.69, 9.17) is 0 Å². The van der Waals surface area contributed by atoms with Crippen LogP contribution in [0.5, 0.6) is 0 Å². The second-order valence-corrected chi connectivity index (χ2v) is 5.73. The van der Waals surface area contributed by atoms with Crippen molar-refractivity contribution < 1.29 is 4.79 Å². The molecule has 0 radical (unpaired) electrons. The van der Waals surface area contributed by atoms with Gasteiger partial charge < -0.3 is 20.6 Å². The summed E-state index contributed by atoms with van der Waals surface area (Å²) in [5.41, 5.74) is 1.77. The summed E-state index contributed by atoms with van der Waals surface area (Å²) in [6.45, 7) is 0. The Bertz CT molecular complexity index is 1170. The third kappa shape index (κ3) is 2.83. The highest BCUT2D eigenvalue weighted by molar-refractivity contribution is 5.91. The summed E-state index contributed by atoms with van der Waals surface area (Å²) in [5, 5.41) is 6.74. The van der Waals surface area contributed by atoms with Crippen LogP contribution in [0.3, 0.4) is 0 Å². The Hall–Kier alpha value is -3.61. The van der Waals surface area contributed by atoms with E-state index in [9.17, 15) is 14.4 Å². The molecular formula is C18H14N4O3. The largest absolute Gasteiger partial charge is 0.323 e. The zero-order chi connectivity index (χ0) is 17.4. The SMILES string of the molecule is O=C(NC1=CCC2=c3[nH]c(=O)c(=O)[nH]c3=CC2=C1)Nc1ccccc1. The highest BCUT2D eigenvalue weighted by Crippen LogP contribution is 2.24. The summed E-state index contributed by atoms with van der Waals surface area (Å²) >= 11 is 0. The molecule has 124 valence electrons. The minimum absolute atomic E-state index is 0.338. The molecule has 0 atom stereocenters. The molecule has 1 aromatic carbocycles. The molecule has 0 fully saturated rings. The van der Waals surface area contributed by atoms with Gasteiger partial charge in [-0.15, -0.1) is 0 Å². The van der Waals surface area contributed by atoms with E-state index in [2.05, 4.69) is 20.6 Å². The summed E-state index contributed by atoms with van der Waals surface area (Å²) in [4.78, 5) is 40.2. The average molecular weight is 334 g/mol. The molecule has 25 heavy (non-hydrogen) atoms. The van der Waals surface area contributed by atoms with Gasteiger partial charge in [0.05, 0.1) is 10.7 Å². The van der Waals surface area contributed by atoms with Crippen LogP contribution in [0.2, 0.25) is 0 Å². The predicted octanol–water partition coefficient (Wildman–Crippen LogP) is 0.0437. The van der Waals surface area contributed by atoms with Crippen LogP contribution < -0.4 is 32.5 Å². The van der Waals surface area contributed by atoms with Gasteiger partial charge in [-0.25, -0.2) is 4.79 Å². The van der Waals surface area contributed by atoms with Crippen LogP contribution in [0.15, 0.2) is 63.3 Å². The van der Waals surface area contributed by atoms with Crippen molar-refractivity contribution in [3.8, 4) is 0 Å². The standard InChI is InChI=1S/C18H14N4O3/c23-16-17(24)22-15-13-7-6-12(8-10(13)9-14(15)21-16)20-18(25)19-11-4-2-1-3-5-11/h1-6,8-9H,7H2,(H,21,23)(H,22,24)(H2,19,20,25). The number of anilines is 1. The number of benzene rings is 1. The monoisotopic (exact) mass is 334 g/mol. The van der Waals surface area contributed by atoms with E-state index >= 15 is 0 Å². The first-order chi connectivity index (χ1) is 12.1. The molecule has 2 aliphatic carbocycles. The van der Waals surface area contributed by atoms with Gasteiger partial charge in [0.2, 0.25) is 0 Å². The van der Waals surface area contributed by atoms with Crippen molar-refractivity contribution in [2.75, 3.05) is 5.32 Å². The van der Waals surface area contributed by atoms with Crippen molar-refractivity contribution in [1.82, 2.24) is 15.3 Å². The molecule has 0 bridgehead atoms. The molecule has 4 rings (SSSR count). The van der Waals surface area contributed by atoms with Crippen LogP contribution in [0.1, 0.15) is 6.42 Å². The van der Waals surface area contributed by atoms with E-state index < -0.39 is 11.1 Å². The minimum atomic E-state index is -0.677. The normalized spacial score (nSPS) is 14.6. The quantitative estimate of drug-likeness (QED) is 0.583. The summed E-state index contributed by atoms with van der Waals surface area (Å²) in [5.74, 6) is 0. The Balaban J connectivity index is 1.57. The average Bonchev–Trinajstić information content (AvgIpc) is 2.92. The molecule has 2 aromatic rings. The van der Waals surface area contributed by atoms with E-state index in [1.807, 2.05) is 24.3 Å². The van der Waals surface area contributed by atoms with Crippen LogP contribution in [0.25, 0.3) is 11.6 Å². The van der Waals surface area contributed by atoms with E-state index in [0.29, 0.717) is 28.5 Å². The number of carbonyl (C=O) groups is 1. The molecule has 1 heterocycles. The van der Waals surface area contributed by atoms with Gasteiger partial charge >= 0.3 is 17.1 Å². The first-order valence-electron chi connectivity index (χ1n) is 7.73. The number of allylic oxidation sites excluding steroid dienone is 3. The maximum Gasteiger partial charge on any atom is 0.323 e. The number of hydrogen-bond donors (Lipinski definition) is 4. The van der Waals surface area contributed by atoms with Crippen molar-refractivity contribution in [1.29, 1.82) is 0 Å². The number of fused-ring (bicyclic) bond motifs is 2. The number of aromatic amines is 2. The number of nitrogens with one attached hydrogen (secondary N) is 4. The lowest BCUT2D eigenvalue weighted by Gasteiger charge is -2.14. The fourth-order valence-electron chi connectivity index (χ4n) is 2.90. The summed E-state index contributed by atoms with van der Waals surface area (Å²) < 4.78 is 0. The first-order valence-corrected chi connectivity index (χ1v) is 7.73. The van der Waals surface area contributed by atoms with Crippen molar-refractivity contribution >= 4 is 23.4 Å². The Labute approximate surface area is 141 Å². The lowest BCUT2D eigenvalue weighted by Crippen LogP contribution is -2.46. The molecule has 0 unspecified atom stereocenters. The van der Waals surface area contributed by atoms with Gasteiger partial charge in [-0.1, -0.05) is 24.3 Å². The molecule has 0 saturated heterocycles. The summed E-state index contributed by atoms with van der Waals surface area (Å²) in [6.07, 6.45) is 5.99. The highest BCUT2D eigenvalue weighted by Gasteiger charge is 2.17. The Morgan fingerprint density at radius 1 is 0.960 bits per heavy atom. The maximum atomic E-state index is 12.1. The van der Waals surface area contributed by atoms with E-state index in [1.165, 1.54) is 0 Å². The van der Waals surface area contributed by atoms with Crippen LogP contribution in [-0.2, 0) is 0 Å². The number of para-hydroxylation sites is 1. The van der Waals surface area contributed by atoms with Crippen molar-refractivity contribution in [3.05, 3.63) is 85.2 Å². The Morgan fingerprint density at radius 2 is 1.72 bits per heavy atom. The van der Waals surface area contributed by atoms with Crippen LogP contribution in [0.4, 0.5) is 10.5 Å². The van der Waals surface area contributed by atoms with Gasteiger partial charge in [0.25, 0.3) is 0 Å². The predicted molar refractivity (Wildman–Crippen MR) is 94.2 cm³/mol. The third-order valence-electron chi connectivity index (χ3n) is 4.04. The molecule has 0 aliphatic heterocycles. The van der Waals surface area contributed by atoms with E-state index in [0.717, 1.165) is 11.1 Å². The minimum Gasteiger partial charge on any atom is -0.316 e. The van der Waals surface area contributed by atoms with Crippen molar-refractivity contribution in [2.24, 2.45) is 0 Å². The molecule has 7 heteroatoms. The summed E-state index contributed by atoms with van der Waals surface area (Å²) in [6, 6.07) is 8.81. The first kappa shape index (κ1) is 14.9. The van der Waals surface area contributed by atoms with Gasteiger partial charge in [-0.3, -0.25) is 9.59 Å². The fraction of sp³-hybridized carbons (Fsp3) is 0.0556. The Kier molecular flexibility index (Phi) is 3.46. The lowest BCUT2D eigenvalue weighted by atomic mass is 9.99. The van der Waals surface area contributed by atoms with Crippen molar-refractivity contribution in [3.63, 3.8) is 0 Å². The van der Waals surface area contributed by atoms with Gasteiger partial charge in [0.15, 0.2) is 0 Å². The van der Waals surface area contributed by atoms with Gasteiger partial charge in [0, 0.05) is 11.4 Å². The van der Waals surface area contributed by atoms with Crippen LogP contribution in [-0.4, -0.2) is 16.0 Å². The summed E-state index contributed by atoms with van der Waals surface area (Å²) in [7, 11) is 0. The van der Waals surface area contributed by atoms with Gasteiger partial charge in [-0.05, 0) is 41.9 Å². The third-order valence-corrected chi connectivity index (χ3v) is 4.04. The molecule has 0 saturated carbocycles. The smallest absolute Gasteiger partial charge is 0.316 e. The molecular weight excluding hydrogens is 320 g/mol. The molecule has 0 spiro atoms. The van der Waals surface area contributed by atoms with E-state index in [-0.39, 0.29) is 6.03 Å². The number of rotatable bonds is 2. The number of H-pyrrole nitrogens is 2. The fourth-order valence-corrected chi connectivity index (χ4v) is 2.90. The lowest BCUT2D eigenvalue weighted by molar-refractivity contribution is 0.254. The zero-order valence-corrected chi connectivity index (χ0v) is 13.1. The highest BCUT2D eigenvalue weighted by atomic mass is 16.2. The maximum absolute atomic E-state index is 12.1. The second kappa shape index (κ2) is 5.79. The van der Waals surface area contributed by atoms with Gasteiger partial charge in [-0.2, -0.15) is 0 Å². The van der Waals surface area contributed by atoms with Gasteiger partial charge in [0.1, 0.15) is 0 Å². The number of aromatic nitrogens is 2. The molecule has 7 nitrogen and oxygen atoms in total. The molecule has 2 aliphatic rings. The molecule has 4 N–H and O–H groups in total. The number of hydrogen-bond acceptors (Lipinski definition) is 3. The zero-order valence-electron chi connectivity index (χ0n) is 13.1. The molecule has 2 amide bonds.